The number of rotatable bonds is 5. The molecule has 0 unspecified atom stereocenters. The Hall–Kier alpha value is -1.95. The molecule has 2 aromatic rings. The number of carbonyl (C=O) groups is 1. The molecule has 0 fully saturated rings. The average Bonchev–Trinajstić information content (AvgIpc) is 2.83. The van der Waals surface area contributed by atoms with Crippen LogP contribution in [0.3, 0.4) is 0 Å². The number of benzene rings is 1. The first kappa shape index (κ1) is 15.4. The molecular weight excluding hydrogens is 284 g/mol. The summed E-state index contributed by atoms with van der Waals surface area (Å²) in [6.07, 6.45) is 0. The van der Waals surface area contributed by atoms with Gasteiger partial charge in [-0.05, 0) is 23.8 Å². The van der Waals surface area contributed by atoms with Crippen molar-refractivity contribution in [2.75, 3.05) is 16.8 Å². The van der Waals surface area contributed by atoms with Crippen molar-refractivity contribution in [1.82, 2.24) is 10.2 Å². The number of H-pyrrole nitrogens is 1. The first-order chi connectivity index (χ1) is 10.0. The van der Waals surface area contributed by atoms with E-state index in [0.717, 1.165) is 22.0 Å². The van der Waals surface area contributed by atoms with Crippen LogP contribution in [-0.2, 0) is 0 Å². The van der Waals surface area contributed by atoms with Gasteiger partial charge in [-0.2, -0.15) is 5.10 Å². The zero-order valence-electron chi connectivity index (χ0n) is 12.4. The van der Waals surface area contributed by atoms with E-state index in [1.165, 1.54) is 0 Å². The monoisotopic (exact) mass is 304 g/mol. The summed E-state index contributed by atoms with van der Waals surface area (Å²) in [5.41, 5.74) is 8.23. The van der Waals surface area contributed by atoms with Crippen molar-refractivity contribution in [1.29, 1.82) is 0 Å². The van der Waals surface area contributed by atoms with Crippen LogP contribution in [0.4, 0.5) is 11.4 Å². The van der Waals surface area contributed by atoms with E-state index in [2.05, 4.69) is 22.4 Å². The number of amides is 1. The third-order valence-corrected chi connectivity index (χ3v) is 4.02. The van der Waals surface area contributed by atoms with Gasteiger partial charge < -0.3 is 11.1 Å². The molecule has 0 saturated heterocycles. The van der Waals surface area contributed by atoms with Gasteiger partial charge in [-0.25, -0.2) is 0 Å². The zero-order chi connectivity index (χ0) is 15.4. The summed E-state index contributed by atoms with van der Waals surface area (Å²) in [5.74, 6) is 0.844. The third-order valence-electron chi connectivity index (χ3n) is 3.06. The van der Waals surface area contributed by atoms with Crippen molar-refractivity contribution >= 4 is 29.0 Å². The smallest absolute Gasteiger partial charge is 0.278 e. The summed E-state index contributed by atoms with van der Waals surface area (Å²) in [6, 6.07) is 7.70. The molecule has 0 aliphatic rings. The number of nitrogens with one attached hydrogen (secondary N) is 2. The van der Waals surface area contributed by atoms with Crippen LogP contribution in [-0.4, -0.2) is 21.9 Å². The van der Waals surface area contributed by atoms with Crippen LogP contribution in [0.5, 0.6) is 0 Å². The van der Waals surface area contributed by atoms with Gasteiger partial charge in [0.1, 0.15) is 0 Å². The Balaban J connectivity index is 2.23. The first-order valence-corrected chi connectivity index (χ1v) is 7.90. The van der Waals surface area contributed by atoms with Crippen LogP contribution in [0, 0.1) is 0 Å². The van der Waals surface area contributed by atoms with Gasteiger partial charge in [0, 0.05) is 4.90 Å². The second kappa shape index (κ2) is 6.67. The van der Waals surface area contributed by atoms with Gasteiger partial charge in [0.15, 0.2) is 5.69 Å². The molecule has 0 aliphatic carbocycles. The number of para-hydroxylation sites is 1. The summed E-state index contributed by atoms with van der Waals surface area (Å²) in [4.78, 5) is 13.4. The van der Waals surface area contributed by atoms with E-state index >= 15 is 0 Å². The van der Waals surface area contributed by atoms with Gasteiger partial charge in [-0.1, -0.05) is 32.9 Å². The molecule has 2 rings (SSSR count). The van der Waals surface area contributed by atoms with Crippen LogP contribution >= 0.6 is 11.8 Å². The largest absolute Gasteiger partial charge is 0.395 e. The number of nitrogens with zero attached hydrogens (tertiary/aromatic N) is 1. The molecular formula is C15H20N4OS. The summed E-state index contributed by atoms with van der Waals surface area (Å²) in [5, 5.41) is 9.76. The van der Waals surface area contributed by atoms with Crippen molar-refractivity contribution < 1.29 is 4.79 Å². The molecule has 1 aromatic heterocycles. The lowest BCUT2D eigenvalue weighted by Gasteiger charge is -2.09. The highest BCUT2D eigenvalue weighted by atomic mass is 32.2. The van der Waals surface area contributed by atoms with Crippen LogP contribution in [0.1, 0.15) is 42.9 Å². The molecule has 0 spiro atoms. The van der Waals surface area contributed by atoms with Crippen molar-refractivity contribution in [3.63, 3.8) is 0 Å². The minimum Gasteiger partial charge on any atom is -0.395 e. The van der Waals surface area contributed by atoms with Crippen molar-refractivity contribution in [3.05, 3.63) is 35.7 Å². The number of nitrogens with two attached hydrogens (primary N) is 1. The molecule has 0 radical (unpaired) electrons. The van der Waals surface area contributed by atoms with Crippen molar-refractivity contribution in [2.24, 2.45) is 0 Å². The average molecular weight is 304 g/mol. The third kappa shape index (κ3) is 3.39. The van der Waals surface area contributed by atoms with E-state index in [1.54, 1.807) is 11.8 Å². The molecule has 1 heterocycles. The number of thioether (sulfide) groups is 1. The first-order valence-electron chi connectivity index (χ1n) is 6.91. The molecule has 0 bridgehead atoms. The number of anilines is 2. The van der Waals surface area contributed by atoms with Crippen LogP contribution in [0.15, 0.2) is 29.2 Å². The van der Waals surface area contributed by atoms with Gasteiger partial charge >= 0.3 is 0 Å². The Morgan fingerprint density at radius 1 is 1.43 bits per heavy atom. The van der Waals surface area contributed by atoms with E-state index in [-0.39, 0.29) is 17.5 Å². The summed E-state index contributed by atoms with van der Waals surface area (Å²) < 4.78 is 0. The topological polar surface area (TPSA) is 83.8 Å². The molecule has 0 atom stereocenters. The van der Waals surface area contributed by atoms with Crippen LogP contribution in [0.2, 0.25) is 0 Å². The number of carbonyl (C=O) groups excluding carboxylic acids is 1. The second-order valence-electron chi connectivity index (χ2n) is 4.94. The highest BCUT2D eigenvalue weighted by Crippen LogP contribution is 2.28. The van der Waals surface area contributed by atoms with Crippen molar-refractivity contribution in [3.8, 4) is 0 Å². The Labute approximate surface area is 128 Å². The number of nitrogen functional groups attached to an aromatic ring is 1. The number of hydrogen-bond acceptors (Lipinski definition) is 4. The molecule has 4 N–H and O–H groups in total. The fraction of sp³-hybridized carbons (Fsp3) is 0.333. The highest BCUT2D eigenvalue weighted by Gasteiger charge is 2.19. The molecule has 1 amide bonds. The van der Waals surface area contributed by atoms with Crippen molar-refractivity contribution in [2.45, 2.75) is 31.6 Å². The maximum absolute atomic E-state index is 12.3. The lowest BCUT2D eigenvalue weighted by molar-refractivity contribution is 0.102. The predicted octanol–water partition coefficient (Wildman–Crippen LogP) is 3.48. The standard InChI is InChI=1S/C15H20N4OS/c1-4-21-11-8-6-5-7-10(11)17-15(20)14-12(16)13(9(2)3)18-19-14/h5-9H,4,16H2,1-3H3,(H,17,20)(H,18,19). The van der Waals surface area contributed by atoms with Gasteiger partial charge in [-0.15, -0.1) is 11.8 Å². The SMILES string of the molecule is CCSc1ccccc1NC(=O)c1n[nH]c(C(C)C)c1N. The molecule has 0 saturated carbocycles. The predicted molar refractivity (Wildman–Crippen MR) is 87.9 cm³/mol. The van der Waals surface area contributed by atoms with Gasteiger partial charge in [-0.3, -0.25) is 9.89 Å². The molecule has 5 nitrogen and oxygen atoms in total. The minimum atomic E-state index is -0.292. The maximum Gasteiger partial charge on any atom is 0.278 e. The van der Waals surface area contributed by atoms with E-state index in [4.69, 9.17) is 5.73 Å². The Morgan fingerprint density at radius 3 is 2.76 bits per heavy atom. The molecule has 0 aliphatic heterocycles. The van der Waals surface area contributed by atoms with Gasteiger partial charge in [0.25, 0.3) is 5.91 Å². The van der Waals surface area contributed by atoms with Crippen LogP contribution < -0.4 is 11.1 Å². The maximum atomic E-state index is 12.3. The summed E-state index contributed by atoms with van der Waals surface area (Å²) in [6.45, 7) is 6.07. The fourth-order valence-corrected chi connectivity index (χ4v) is 2.77. The lowest BCUT2D eigenvalue weighted by atomic mass is 10.1. The van der Waals surface area contributed by atoms with E-state index in [1.807, 2.05) is 38.1 Å². The normalized spacial score (nSPS) is 10.9. The summed E-state index contributed by atoms with van der Waals surface area (Å²) >= 11 is 1.68. The van der Waals surface area contributed by atoms with Gasteiger partial charge in [0.05, 0.1) is 17.1 Å². The van der Waals surface area contributed by atoms with Gasteiger partial charge in [0.2, 0.25) is 0 Å². The molecule has 21 heavy (non-hydrogen) atoms. The lowest BCUT2D eigenvalue weighted by Crippen LogP contribution is -2.15. The van der Waals surface area contributed by atoms with E-state index < -0.39 is 0 Å². The Morgan fingerprint density at radius 2 is 2.14 bits per heavy atom. The molecule has 6 heteroatoms. The molecule has 1 aromatic carbocycles. The van der Waals surface area contributed by atoms with E-state index in [9.17, 15) is 4.79 Å². The van der Waals surface area contributed by atoms with Crippen LogP contribution in [0.25, 0.3) is 0 Å². The number of aromatic amines is 1. The fourth-order valence-electron chi connectivity index (χ4n) is 2.01. The summed E-state index contributed by atoms with van der Waals surface area (Å²) in [7, 11) is 0. The van der Waals surface area contributed by atoms with E-state index in [0.29, 0.717) is 5.69 Å². The Kier molecular flexibility index (Phi) is 4.90. The minimum absolute atomic E-state index is 0.196. The quantitative estimate of drug-likeness (QED) is 0.738. The second-order valence-corrected chi connectivity index (χ2v) is 6.24. The Bertz CT molecular complexity index is 636. The zero-order valence-corrected chi connectivity index (χ0v) is 13.3. The number of aromatic nitrogens is 2. The number of hydrogen-bond donors (Lipinski definition) is 3. The highest BCUT2D eigenvalue weighted by molar-refractivity contribution is 7.99. The molecule has 112 valence electrons.